The molecule has 0 aliphatic heterocycles. The van der Waals surface area contributed by atoms with Crippen molar-refractivity contribution in [1.82, 2.24) is 0 Å². The highest BCUT2D eigenvalue weighted by atomic mass is 31.2. The molecule has 292 valence electrons. The van der Waals surface area contributed by atoms with Crippen LogP contribution in [0.5, 0.6) is 28.7 Å². The standard InChI is InChI=1S/C47H34O10P2/c48-31-35-17-7-12-26-42(35)52-58(53-43-27-13-8-18-36(43)32-49)56-46-30-16-11-25-41(46)47(39-21-3-1-4-22-39,40-23-5-2-6-24-40)57-59(54-44-28-14-9-19-37(44)33-50)55-45-29-15-10-20-38(45)34-51/h1-34H. The van der Waals surface area contributed by atoms with Gasteiger partial charge in [-0.25, -0.2) is 0 Å². The average Bonchev–Trinajstić information content (AvgIpc) is 3.29. The zero-order valence-corrected chi connectivity index (χ0v) is 32.9. The molecule has 7 rings (SSSR count). The number of benzene rings is 7. The van der Waals surface area contributed by atoms with Gasteiger partial charge >= 0.3 is 17.2 Å². The minimum absolute atomic E-state index is 0.185. The van der Waals surface area contributed by atoms with Gasteiger partial charge in [0.25, 0.3) is 0 Å². The highest BCUT2D eigenvalue weighted by Crippen LogP contribution is 2.56. The topological polar surface area (TPSA) is 124 Å². The Bertz CT molecular complexity index is 2390. The molecule has 0 saturated heterocycles. The van der Waals surface area contributed by atoms with Crippen molar-refractivity contribution in [2.75, 3.05) is 0 Å². The van der Waals surface area contributed by atoms with Gasteiger partial charge in [0.1, 0.15) is 28.7 Å². The minimum Gasteiger partial charge on any atom is -0.417 e. The molecule has 0 aliphatic rings. The van der Waals surface area contributed by atoms with Crippen LogP contribution in [0.1, 0.15) is 58.1 Å². The van der Waals surface area contributed by atoms with Crippen LogP contribution < -0.4 is 22.6 Å². The molecule has 0 bridgehead atoms. The molecule has 0 amide bonds. The van der Waals surface area contributed by atoms with Gasteiger partial charge in [0.05, 0.1) is 22.3 Å². The molecule has 10 nitrogen and oxygen atoms in total. The van der Waals surface area contributed by atoms with Crippen LogP contribution in [0.4, 0.5) is 0 Å². The maximum Gasteiger partial charge on any atom is 0.530 e. The predicted octanol–water partition coefficient (Wildman–Crippen LogP) is 11.4. The fourth-order valence-corrected chi connectivity index (χ4v) is 8.47. The summed E-state index contributed by atoms with van der Waals surface area (Å²) in [6, 6.07) is 52.3. The lowest BCUT2D eigenvalue weighted by Gasteiger charge is -2.38. The Morgan fingerprint density at radius 2 is 0.610 bits per heavy atom. The quantitative estimate of drug-likeness (QED) is 0.0442. The van der Waals surface area contributed by atoms with Crippen LogP contribution in [-0.4, -0.2) is 25.1 Å². The first-order chi connectivity index (χ1) is 29.1. The molecule has 0 atom stereocenters. The maximum atomic E-state index is 12.2. The van der Waals surface area contributed by atoms with Crippen molar-refractivity contribution >= 4 is 42.3 Å². The number of carbonyl (C=O) groups excluding carboxylic acids is 4. The molecule has 0 aliphatic carbocycles. The Morgan fingerprint density at radius 1 is 0.322 bits per heavy atom. The summed E-state index contributed by atoms with van der Waals surface area (Å²) in [7, 11) is -5.01. The third-order valence-corrected chi connectivity index (χ3v) is 11.0. The Labute approximate surface area is 342 Å². The van der Waals surface area contributed by atoms with E-state index in [2.05, 4.69) is 0 Å². The fraction of sp³-hybridized carbons (Fsp3) is 0.0213. The van der Waals surface area contributed by atoms with Gasteiger partial charge in [-0.1, -0.05) is 127 Å². The lowest BCUT2D eigenvalue weighted by Crippen LogP contribution is -2.33. The van der Waals surface area contributed by atoms with E-state index in [4.69, 9.17) is 27.1 Å². The molecular weight excluding hydrogens is 786 g/mol. The van der Waals surface area contributed by atoms with Crippen LogP contribution in [0, 0.1) is 0 Å². The van der Waals surface area contributed by atoms with E-state index >= 15 is 0 Å². The second-order valence-corrected chi connectivity index (χ2v) is 14.5. The third kappa shape index (κ3) is 9.27. The Hall–Kier alpha value is -6.96. The minimum atomic E-state index is -2.55. The second-order valence-electron chi connectivity index (χ2n) is 12.5. The van der Waals surface area contributed by atoms with Gasteiger partial charge in [-0.05, 0) is 65.7 Å². The molecule has 59 heavy (non-hydrogen) atoms. The van der Waals surface area contributed by atoms with Crippen molar-refractivity contribution < 1.29 is 46.3 Å². The molecule has 0 radical (unpaired) electrons. The number of carbonyl (C=O) groups is 4. The van der Waals surface area contributed by atoms with Gasteiger partial charge in [0.2, 0.25) is 0 Å². The fourth-order valence-electron chi connectivity index (χ4n) is 6.08. The second kappa shape index (κ2) is 19.5. The molecule has 0 spiro atoms. The SMILES string of the molecule is O=Cc1ccccc1OP(Oc1ccccc1C=O)Oc1ccccc1C(OP(Oc1ccccc1C=O)Oc1ccccc1C=O)(c1ccccc1)c1ccccc1. The molecule has 0 saturated carbocycles. The summed E-state index contributed by atoms with van der Waals surface area (Å²) in [6.07, 6.45) is 2.66. The van der Waals surface area contributed by atoms with Gasteiger partial charge in [-0.3, -0.25) is 23.7 Å². The lowest BCUT2D eigenvalue weighted by molar-refractivity contribution is 0.111. The van der Waals surface area contributed by atoms with Crippen molar-refractivity contribution in [2.45, 2.75) is 5.60 Å². The monoisotopic (exact) mass is 820 g/mol. The van der Waals surface area contributed by atoms with Crippen molar-refractivity contribution in [3.8, 4) is 28.7 Å². The zero-order chi connectivity index (χ0) is 40.9. The van der Waals surface area contributed by atoms with Gasteiger partial charge in [-0.15, -0.1) is 0 Å². The van der Waals surface area contributed by atoms with Crippen LogP contribution in [-0.2, 0) is 10.1 Å². The van der Waals surface area contributed by atoms with E-state index in [9.17, 15) is 19.2 Å². The summed E-state index contributed by atoms with van der Waals surface area (Å²) < 4.78 is 39.7. The van der Waals surface area contributed by atoms with Crippen LogP contribution >= 0.6 is 17.2 Å². The van der Waals surface area contributed by atoms with Crippen molar-refractivity contribution in [3.05, 3.63) is 221 Å². The summed E-state index contributed by atoms with van der Waals surface area (Å²) in [5.74, 6) is 0.983. The molecule has 12 heteroatoms. The molecule has 7 aromatic carbocycles. The van der Waals surface area contributed by atoms with E-state index < -0.39 is 22.8 Å². The normalized spacial score (nSPS) is 11.0. The first-order valence-electron chi connectivity index (χ1n) is 18.1. The van der Waals surface area contributed by atoms with E-state index in [1.165, 1.54) is 0 Å². The van der Waals surface area contributed by atoms with Gasteiger partial charge in [0, 0.05) is 5.56 Å². The molecule has 0 N–H and O–H groups in total. The van der Waals surface area contributed by atoms with E-state index in [-0.39, 0.29) is 51.0 Å². The van der Waals surface area contributed by atoms with Crippen LogP contribution in [0.2, 0.25) is 0 Å². The predicted molar refractivity (Wildman–Crippen MR) is 225 cm³/mol. The number of para-hydroxylation sites is 5. The first-order valence-corrected chi connectivity index (χ1v) is 20.3. The molecule has 7 aromatic rings. The van der Waals surface area contributed by atoms with Crippen LogP contribution in [0.3, 0.4) is 0 Å². The molecule has 0 aromatic heterocycles. The highest BCUT2D eigenvalue weighted by molar-refractivity contribution is 7.43. The maximum absolute atomic E-state index is 12.2. The summed E-state index contributed by atoms with van der Waals surface area (Å²) >= 11 is 0. The molecule has 0 heterocycles. The van der Waals surface area contributed by atoms with E-state index in [1.807, 2.05) is 72.8 Å². The highest BCUT2D eigenvalue weighted by Gasteiger charge is 2.46. The van der Waals surface area contributed by atoms with Crippen LogP contribution in [0.25, 0.3) is 0 Å². The van der Waals surface area contributed by atoms with Crippen molar-refractivity contribution in [3.63, 3.8) is 0 Å². The number of hydrogen-bond donors (Lipinski definition) is 0. The molecule has 0 unspecified atom stereocenters. The van der Waals surface area contributed by atoms with Gasteiger partial charge < -0.3 is 22.6 Å². The smallest absolute Gasteiger partial charge is 0.417 e. The number of hydrogen-bond acceptors (Lipinski definition) is 10. The first kappa shape index (κ1) is 40.2. The van der Waals surface area contributed by atoms with E-state index in [0.29, 0.717) is 41.8 Å². The molecule has 0 fully saturated rings. The largest absolute Gasteiger partial charge is 0.530 e. The van der Waals surface area contributed by atoms with Crippen molar-refractivity contribution in [1.29, 1.82) is 0 Å². The number of rotatable bonds is 19. The summed E-state index contributed by atoms with van der Waals surface area (Å²) in [5, 5.41) is 0. The number of aldehydes is 4. The van der Waals surface area contributed by atoms with E-state index in [0.717, 1.165) is 0 Å². The Balaban J connectivity index is 1.42. The zero-order valence-electron chi connectivity index (χ0n) is 31.1. The van der Waals surface area contributed by atoms with Gasteiger partial charge in [-0.2, -0.15) is 0 Å². The Kier molecular flexibility index (Phi) is 13.3. The molecular formula is C47H34O10P2. The summed E-state index contributed by atoms with van der Waals surface area (Å²) in [5.41, 5.74) is 1.07. The Morgan fingerprint density at radius 3 is 0.983 bits per heavy atom. The van der Waals surface area contributed by atoms with Gasteiger partial charge in [0.15, 0.2) is 30.7 Å². The van der Waals surface area contributed by atoms with Crippen LogP contribution in [0.15, 0.2) is 182 Å². The third-order valence-electron chi connectivity index (χ3n) is 8.89. The lowest BCUT2D eigenvalue weighted by atomic mass is 9.80. The summed E-state index contributed by atoms with van der Waals surface area (Å²) in [4.78, 5) is 48.6. The summed E-state index contributed by atoms with van der Waals surface area (Å²) in [6.45, 7) is 0. The van der Waals surface area contributed by atoms with Crippen molar-refractivity contribution in [2.24, 2.45) is 0 Å². The average molecular weight is 821 g/mol. The van der Waals surface area contributed by atoms with E-state index in [1.54, 1.807) is 109 Å².